The van der Waals surface area contributed by atoms with Gasteiger partial charge in [0.2, 0.25) is 0 Å². The minimum atomic E-state index is -3.71. The number of hydrogen-bond acceptors (Lipinski definition) is 4. The molecule has 0 bridgehead atoms. The van der Waals surface area contributed by atoms with Crippen molar-refractivity contribution >= 4 is 33.2 Å². The smallest absolute Gasteiger partial charge is 0.264 e. The predicted octanol–water partition coefficient (Wildman–Crippen LogP) is 3.71. The molecule has 0 saturated heterocycles. The van der Waals surface area contributed by atoms with Crippen molar-refractivity contribution in [2.24, 2.45) is 0 Å². The number of ether oxygens (including phenoxy) is 1. The highest BCUT2D eigenvalue weighted by atomic mass is 35.5. The summed E-state index contributed by atoms with van der Waals surface area (Å²) in [6, 6.07) is 12.7. The molecule has 152 valence electrons. The molecule has 0 fully saturated rings. The topological polar surface area (TPSA) is 75.7 Å². The number of nitrogens with zero attached hydrogens (tertiary/aromatic N) is 1. The van der Waals surface area contributed by atoms with Gasteiger partial charge in [0.25, 0.3) is 15.9 Å². The zero-order valence-electron chi connectivity index (χ0n) is 16.2. The Morgan fingerprint density at radius 2 is 1.86 bits per heavy atom. The zero-order chi connectivity index (χ0) is 20.7. The Morgan fingerprint density at radius 1 is 1.18 bits per heavy atom. The Bertz CT molecular complexity index is 902. The molecule has 1 amide bonds. The summed E-state index contributed by atoms with van der Waals surface area (Å²) in [5.41, 5.74) is 0.663. The fraction of sp³-hybridized carbons (Fsp3) is 0.350. The summed E-state index contributed by atoms with van der Waals surface area (Å²) in [5.74, 6) is -0.310. The number of anilines is 1. The molecular formula is C20H25ClN2O4S. The normalized spacial score (nSPS) is 11.5. The van der Waals surface area contributed by atoms with E-state index < -0.39 is 10.0 Å². The molecule has 1 N–H and O–H groups in total. The predicted molar refractivity (Wildman–Crippen MR) is 112 cm³/mol. The Balaban J connectivity index is 2.06. The molecule has 2 rings (SSSR count). The summed E-state index contributed by atoms with van der Waals surface area (Å²) in [6.45, 7) is 4.93. The molecular weight excluding hydrogens is 400 g/mol. The SMILES string of the molecule is CC(C)OCCCNC(=O)c1ccc(N(C)S(=O)(=O)c2ccccc2)cc1Cl. The van der Waals surface area contributed by atoms with E-state index in [1.54, 1.807) is 24.3 Å². The molecule has 0 heterocycles. The maximum absolute atomic E-state index is 12.7. The van der Waals surface area contributed by atoms with Crippen LogP contribution in [0.1, 0.15) is 30.6 Å². The van der Waals surface area contributed by atoms with Gasteiger partial charge < -0.3 is 10.1 Å². The number of halogens is 1. The van der Waals surface area contributed by atoms with Crippen LogP contribution in [0.3, 0.4) is 0 Å². The van der Waals surface area contributed by atoms with Crippen LogP contribution in [0.15, 0.2) is 53.4 Å². The van der Waals surface area contributed by atoms with Crippen molar-refractivity contribution in [1.29, 1.82) is 0 Å². The second-order valence-corrected chi connectivity index (χ2v) is 8.86. The number of amides is 1. The lowest BCUT2D eigenvalue weighted by Crippen LogP contribution is -2.27. The highest BCUT2D eigenvalue weighted by Gasteiger charge is 2.22. The summed E-state index contributed by atoms with van der Waals surface area (Å²) < 4.78 is 32.0. The molecule has 8 heteroatoms. The Hall–Kier alpha value is -2.09. The van der Waals surface area contributed by atoms with E-state index in [1.807, 2.05) is 13.8 Å². The molecule has 0 unspecified atom stereocenters. The van der Waals surface area contributed by atoms with Crippen molar-refractivity contribution < 1.29 is 17.9 Å². The number of carbonyl (C=O) groups excluding carboxylic acids is 1. The van der Waals surface area contributed by atoms with Crippen LogP contribution in [-0.4, -0.2) is 40.6 Å². The molecule has 0 aliphatic heterocycles. The fourth-order valence-electron chi connectivity index (χ4n) is 2.46. The van der Waals surface area contributed by atoms with Crippen LogP contribution in [0.2, 0.25) is 5.02 Å². The lowest BCUT2D eigenvalue weighted by atomic mass is 10.2. The van der Waals surface area contributed by atoms with E-state index in [0.717, 1.165) is 4.31 Å². The van der Waals surface area contributed by atoms with Crippen molar-refractivity contribution in [2.45, 2.75) is 31.3 Å². The van der Waals surface area contributed by atoms with Crippen LogP contribution in [0.5, 0.6) is 0 Å². The molecule has 0 saturated carbocycles. The van der Waals surface area contributed by atoms with Gasteiger partial charge in [0.15, 0.2) is 0 Å². The second-order valence-electron chi connectivity index (χ2n) is 6.48. The van der Waals surface area contributed by atoms with E-state index in [2.05, 4.69) is 5.32 Å². The van der Waals surface area contributed by atoms with E-state index in [9.17, 15) is 13.2 Å². The van der Waals surface area contributed by atoms with Gasteiger partial charge in [-0.05, 0) is 50.6 Å². The monoisotopic (exact) mass is 424 g/mol. The maximum Gasteiger partial charge on any atom is 0.264 e. The molecule has 0 atom stereocenters. The number of benzene rings is 2. The van der Waals surface area contributed by atoms with Gasteiger partial charge in [-0.15, -0.1) is 0 Å². The van der Waals surface area contributed by atoms with Crippen molar-refractivity contribution in [1.82, 2.24) is 5.32 Å². The van der Waals surface area contributed by atoms with E-state index in [0.29, 0.717) is 30.8 Å². The van der Waals surface area contributed by atoms with E-state index in [-0.39, 0.29) is 21.9 Å². The number of rotatable bonds is 9. The van der Waals surface area contributed by atoms with Crippen molar-refractivity contribution in [3.8, 4) is 0 Å². The lowest BCUT2D eigenvalue weighted by Gasteiger charge is -2.20. The molecule has 0 spiro atoms. The van der Waals surface area contributed by atoms with Gasteiger partial charge >= 0.3 is 0 Å². The third-order valence-electron chi connectivity index (χ3n) is 4.02. The maximum atomic E-state index is 12.7. The summed E-state index contributed by atoms with van der Waals surface area (Å²) in [7, 11) is -2.26. The molecule has 0 aliphatic rings. The van der Waals surface area contributed by atoms with Crippen molar-refractivity contribution in [3.63, 3.8) is 0 Å². The molecule has 2 aromatic carbocycles. The summed E-state index contributed by atoms with van der Waals surface area (Å²) in [6.07, 6.45) is 0.847. The van der Waals surface area contributed by atoms with Crippen LogP contribution in [0, 0.1) is 0 Å². The molecule has 6 nitrogen and oxygen atoms in total. The third kappa shape index (κ3) is 5.70. The first kappa shape index (κ1) is 22.2. The standard InChI is InChI=1S/C20H25ClN2O4S/c1-15(2)27-13-7-12-22-20(24)18-11-10-16(14-19(18)21)23(3)28(25,26)17-8-5-4-6-9-17/h4-6,8-11,14-15H,7,12-13H2,1-3H3,(H,22,24). The van der Waals surface area contributed by atoms with Gasteiger partial charge in [0.05, 0.1) is 27.3 Å². The molecule has 2 aromatic rings. The van der Waals surface area contributed by atoms with E-state index in [1.165, 1.54) is 31.3 Å². The summed E-state index contributed by atoms with van der Waals surface area (Å²) in [5, 5.41) is 2.97. The number of nitrogens with one attached hydrogen (secondary N) is 1. The summed E-state index contributed by atoms with van der Waals surface area (Å²) >= 11 is 6.24. The fourth-order valence-corrected chi connectivity index (χ4v) is 3.93. The average molecular weight is 425 g/mol. The van der Waals surface area contributed by atoms with E-state index >= 15 is 0 Å². The largest absolute Gasteiger partial charge is 0.379 e. The molecule has 28 heavy (non-hydrogen) atoms. The van der Waals surface area contributed by atoms with Gasteiger partial charge in [0.1, 0.15) is 0 Å². The molecule has 0 aliphatic carbocycles. The first-order valence-corrected chi connectivity index (χ1v) is 10.8. The number of carbonyl (C=O) groups is 1. The van der Waals surface area contributed by atoms with Gasteiger partial charge in [0, 0.05) is 20.2 Å². The summed E-state index contributed by atoms with van der Waals surface area (Å²) in [4.78, 5) is 12.5. The second kappa shape index (κ2) is 9.91. The Morgan fingerprint density at radius 3 is 2.46 bits per heavy atom. The molecule has 0 aromatic heterocycles. The quantitative estimate of drug-likeness (QED) is 0.622. The highest BCUT2D eigenvalue weighted by Crippen LogP contribution is 2.27. The minimum absolute atomic E-state index is 0.154. The first-order valence-electron chi connectivity index (χ1n) is 8.97. The van der Waals surface area contributed by atoms with Gasteiger partial charge in [-0.1, -0.05) is 29.8 Å². The first-order chi connectivity index (χ1) is 13.2. The highest BCUT2D eigenvalue weighted by molar-refractivity contribution is 7.92. The van der Waals surface area contributed by atoms with Gasteiger partial charge in [-0.2, -0.15) is 0 Å². The van der Waals surface area contributed by atoms with Crippen LogP contribution in [-0.2, 0) is 14.8 Å². The molecule has 0 radical (unpaired) electrons. The minimum Gasteiger partial charge on any atom is -0.379 e. The van der Waals surface area contributed by atoms with Crippen LogP contribution < -0.4 is 9.62 Å². The number of hydrogen-bond donors (Lipinski definition) is 1. The van der Waals surface area contributed by atoms with Crippen LogP contribution in [0.4, 0.5) is 5.69 Å². The van der Waals surface area contributed by atoms with Crippen LogP contribution in [0.25, 0.3) is 0 Å². The van der Waals surface area contributed by atoms with Crippen molar-refractivity contribution in [2.75, 3.05) is 24.5 Å². The Kier molecular flexibility index (Phi) is 7.86. The van der Waals surface area contributed by atoms with Gasteiger partial charge in [-0.25, -0.2) is 8.42 Å². The zero-order valence-corrected chi connectivity index (χ0v) is 17.8. The third-order valence-corrected chi connectivity index (χ3v) is 6.13. The van der Waals surface area contributed by atoms with Crippen LogP contribution >= 0.6 is 11.6 Å². The number of sulfonamides is 1. The Labute approximate surface area is 171 Å². The van der Waals surface area contributed by atoms with E-state index in [4.69, 9.17) is 16.3 Å². The van der Waals surface area contributed by atoms with Gasteiger partial charge in [-0.3, -0.25) is 9.10 Å². The van der Waals surface area contributed by atoms with Crippen molar-refractivity contribution in [3.05, 3.63) is 59.1 Å². The average Bonchev–Trinajstić information content (AvgIpc) is 2.67. The lowest BCUT2D eigenvalue weighted by molar-refractivity contribution is 0.0757.